The number of halogens is 2. The maximum atomic E-state index is 6.18. The monoisotopic (exact) mass is 287 g/mol. The summed E-state index contributed by atoms with van der Waals surface area (Å²) < 4.78 is 1.03. The van der Waals surface area contributed by atoms with E-state index in [2.05, 4.69) is 22.0 Å². The quantitative estimate of drug-likeness (QED) is 0.881. The molecule has 2 rings (SSSR count). The van der Waals surface area contributed by atoms with Gasteiger partial charge in [0.2, 0.25) is 0 Å². The lowest BCUT2D eigenvalue weighted by molar-refractivity contribution is 0.479. The molecule has 1 aromatic rings. The Labute approximate surface area is 104 Å². The van der Waals surface area contributed by atoms with Crippen molar-refractivity contribution in [2.75, 3.05) is 0 Å². The van der Waals surface area contributed by atoms with Crippen LogP contribution in [0, 0.1) is 5.92 Å². The molecule has 0 saturated heterocycles. The molecule has 0 amide bonds. The van der Waals surface area contributed by atoms with Gasteiger partial charge in [0.25, 0.3) is 0 Å². The fourth-order valence-corrected chi connectivity index (χ4v) is 3.04. The van der Waals surface area contributed by atoms with Gasteiger partial charge in [0.1, 0.15) is 0 Å². The number of rotatable bonds is 2. The molecule has 0 heterocycles. The molecule has 82 valence electrons. The van der Waals surface area contributed by atoms with Crippen LogP contribution in [0.2, 0.25) is 5.02 Å². The summed E-state index contributed by atoms with van der Waals surface area (Å²) in [6.07, 6.45) is 4.69. The lowest BCUT2D eigenvalue weighted by atomic mass is 9.95. The summed E-state index contributed by atoms with van der Waals surface area (Å²) in [5.74, 6) is 0.615. The van der Waals surface area contributed by atoms with Gasteiger partial charge < -0.3 is 5.73 Å². The SMILES string of the molecule is NC1CCCC1Cc1ccc(Br)cc1Cl. The van der Waals surface area contributed by atoms with Crippen LogP contribution in [0.4, 0.5) is 0 Å². The highest BCUT2D eigenvalue weighted by atomic mass is 79.9. The standard InChI is InChI=1S/C12H15BrClN/c13-10-5-4-8(11(14)7-10)6-9-2-1-3-12(9)15/h4-5,7,9,12H,1-3,6,15H2. The largest absolute Gasteiger partial charge is 0.327 e. The molecular weight excluding hydrogens is 273 g/mol. The molecule has 1 aliphatic rings. The summed E-state index contributed by atoms with van der Waals surface area (Å²) in [7, 11) is 0. The Morgan fingerprint density at radius 3 is 2.80 bits per heavy atom. The summed E-state index contributed by atoms with van der Waals surface area (Å²) in [4.78, 5) is 0. The summed E-state index contributed by atoms with van der Waals surface area (Å²) in [6.45, 7) is 0. The third-order valence-electron chi connectivity index (χ3n) is 3.22. The predicted octanol–water partition coefficient (Wildman–Crippen LogP) is 3.77. The number of hydrogen-bond acceptors (Lipinski definition) is 1. The van der Waals surface area contributed by atoms with E-state index in [1.807, 2.05) is 12.1 Å². The van der Waals surface area contributed by atoms with E-state index in [1.165, 1.54) is 24.8 Å². The van der Waals surface area contributed by atoms with Crippen molar-refractivity contribution in [2.45, 2.75) is 31.7 Å². The summed E-state index contributed by atoms with van der Waals surface area (Å²) in [5, 5.41) is 0.850. The Bertz CT molecular complexity index is 353. The van der Waals surface area contributed by atoms with Crippen molar-refractivity contribution >= 4 is 27.5 Å². The van der Waals surface area contributed by atoms with Gasteiger partial charge in [0, 0.05) is 15.5 Å². The van der Waals surface area contributed by atoms with Crippen molar-refractivity contribution in [1.29, 1.82) is 0 Å². The highest BCUT2D eigenvalue weighted by Crippen LogP contribution is 2.30. The van der Waals surface area contributed by atoms with Crippen LogP contribution < -0.4 is 5.73 Å². The second-order valence-electron chi connectivity index (χ2n) is 4.29. The third kappa shape index (κ3) is 2.74. The van der Waals surface area contributed by atoms with Gasteiger partial charge >= 0.3 is 0 Å². The van der Waals surface area contributed by atoms with Crippen molar-refractivity contribution < 1.29 is 0 Å². The topological polar surface area (TPSA) is 26.0 Å². The van der Waals surface area contributed by atoms with Crippen LogP contribution in [0.1, 0.15) is 24.8 Å². The minimum absolute atomic E-state index is 0.365. The lowest BCUT2D eigenvalue weighted by Gasteiger charge is -2.16. The molecule has 15 heavy (non-hydrogen) atoms. The van der Waals surface area contributed by atoms with Crippen LogP contribution in [0.15, 0.2) is 22.7 Å². The van der Waals surface area contributed by atoms with Crippen molar-refractivity contribution in [3.63, 3.8) is 0 Å². The molecule has 3 heteroatoms. The third-order valence-corrected chi connectivity index (χ3v) is 4.06. The predicted molar refractivity (Wildman–Crippen MR) is 68.2 cm³/mol. The van der Waals surface area contributed by atoms with Gasteiger partial charge in [-0.15, -0.1) is 0 Å². The van der Waals surface area contributed by atoms with Gasteiger partial charge in [-0.3, -0.25) is 0 Å². The van der Waals surface area contributed by atoms with Crippen molar-refractivity contribution in [3.8, 4) is 0 Å². The average Bonchev–Trinajstić information content (AvgIpc) is 2.57. The molecule has 1 aliphatic carbocycles. The highest BCUT2D eigenvalue weighted by molar-refractivity contribution is 9.10. The van der Waals surface area contributed by atoms with Crippen LogP contribution >= 0.6 is 27.5 Å². The number of nitrogens with two attached hydrogens (primary N) is 1. The van der Waals surface area contributed by atoms with Gasteiger partial charge in [0.15, 0.2) is 0 Å². The fraction of sp³-hybridized carbons (Fsp3) is 0.500. The first-order valence-corrected chi connectivity index (χ1v) is 6.53. The Balaban J connectivity index is 2.10. The van der Waals surface area contributed by atoms with E-state index < -0.39 is 0 Å². The second-order valence-corrected chi connectivity index (χ2v) is 5.62. The minimum Gasteiger partial charge on any atom is -0.327 e. The first kappa shape index (κ1) is 11.4. The van der Waals surface area contributed by atoms with Crippen LogP contribution in [0.25, 0.3) is 0 Å². The van der Waals surface area contributed by atoms with Gasteiger partial charge in [-0.2, -0.15) is 0 Å². The zero-order chi connectivity index (χ0) is 10.8. The minimum atomic E-state index is 0.365. The van der Waals surface area contributed by atoms with Crippen molar-refractivity contribution in [3.05, 3.63) is 33.3 Å². The van der Waals surface area contributed by atoms with E-state index in [1.54, 1.807) is 0 Å². The van der Waals surface area contributed by atoms with E-state index in [-0.39, 0.29) is 0 Å². The molecule has 2 unspecified atom stereocenters. The zero-order valence-electron chi connectivity index (χ0n) is 8.55. The Hall–Kier alpha value is -0.0500. The maximum absolute atomic E-state index is 6.18. The Morgan fingerprint density at radius 2 is 2.20 bits per heavy atom. The van der Waals surface area contributed by atoms with Crippen molar-refractivity contribution in [2.24, 2.45) is 11.7 Å². The van der Waals surface area contributed by atoms with Crippen LogP contribution in [-0.4, -0.2) is 6.04 Å². The summed E-state index contributed by atoms with van der Waals surface area (Å²) in [6, 6.07) is 6.46. The molecule has 2 N–H and O–H groups in total. The molecular formula is C12H15BrClN. The molecule has 1 saturated carbocycles. The molecule has 1 fully saturated rings. The molecule has 0 aliphatic heterocycles. The maximum Gasteiger partial charge on any atom is 0.0449 e. The van der Waals surface area contributed by atoms with Crippen LogP contribution in [-0.2, 0) is 6.42 Å². The summed E-state index contributed by atoms with van der Waals surface area (Å²) in [5.41, 5.74) is 7.28. The smallest absolute Gasteiger partial charge is 0.0449 e. The number of hydrogen-bond donors (Lipinski definition) is 1. The normalized spacial score (nSPS) is 25.8. The molecule has 1 aromatic carbocycles. The van der Waals surface area contributed by atoms with E-state index in [0.29, 0.717) is 12.0 Å². The zero-order valence-corrected chi connectivity index (χ0v) is 10.9. The molecule has 2 atom stereocenters. The molecule has 0 spiro atoms. The van der Waals surface area contributed by atoms with Gasteiger partial charge in [-0.05, 0) is 42.9 Å². The molecule has 0 bridgehead atoms. The highest BCUT2D eigenvalue weighted by Gasteiger charge is 2.24. The fourth-order valence-electron chi connectivity index (χ4n) is 2.29. The Kier molecular flexibility index (Phi) is 3.70. The van der Waals surface area contributed by atoms with Crippen LogP contribution in [0.3, 0.4) is 0 Å². The Morgan fingerprint density at radius 1 is 1.40 bits per heavy atom. The van der Waals surface area contributed by atoms with E-state index >= 15 is 0 Å². The van der Waals surface area contributed by atoms with E-state index in [0.717, 1.165) is 15.9 Å². The average molecular weight is 289 g/mol. The van der Waals surface area contributed by atoms with E-state index in [4.69, 9.17) is 17.3 Å². The summed E-state index contributed by atoms with van der Waals surface area (Å²) >= 11 is 9.60. The lowest BCUT2D eigenvalue weighted by Crippen LogP contribution is -2.25. The van der Waals surface area contributed by atoms with Gasteiger partial charge in [-0.25, -0.2) is 0 Å². The van der Waals surface area contributed by atoms with Gasteiger partial charge in [-0.1, -0.05) is 40.0 Å². The van der Waals surface area contributed by atoms with E-state index in [9.17, 15) is 0 Å². The first-order valence-electron chi connectivity index (χ1n) is 5.36. The first-order chi connectivity index (χ1) is 7.16. The van der Waals surface area contributed by atoms with Gasteiger partial charge in [0.05, 0.1) is 0 Å². The molecule has 0 aromatic heterocycles. The van der Waals surface area contributed by atoms with Crippen molar-refractivity contribution in [1.82, 2.24) is 0 Å². The molecule has 1 nitrogen and oxygen atoms in total. The number of benzene rings is 1. The second kappa shape index (κ2) is 4.86. The molecule has 0 radical (unpaired) electrons. The van der Waals surface area contributed by atoms with Crippen LogP contribution in [0.5, 0.6) is 0 Å².